The van der Waals surface area contributed by atoms with Gasteiger partial charge in [-0.15, -0.1) is 0 Å². The Bertz CT molecular complexity index is 1090. The predicted molar refractivity (Wildman–Crippen MR) is 277 cm³/mol. The molecule has 0 bridgehead atoms. The Kier molecular flexibility index (Phi) is 45.0. The Morgan fingerprint density at radius 1 is 0.500 bits per heavy atom. The fourth-order valence-electron chi connectivity index (χ4n) is 9.21. The first-order chi connectivity index (χ1) is 32.3. The molecule has 0 aromatic rings. The summed E-state index contributed by atoms with van der Waals surface area (Å²) in [6, 6.07) is -0.803. The summed E-state index contributed by atoms with van der Waals surface area (Å²) in [5.74, 6) is -0.173. The third kappa shape index (κ3) is 36.6. The van der Waals surface area contributed by atoms with E-state index in [-0.39, 0.29) is 12.5 Å². The summed E-state index contributed by atoms with van der Waals surface area (Å²) in [5.41, 5.74) is 0. The standard InChI is InChI=1S/C57H109NO8/c1-3-5-7-9-11-13-15-17-19-21-23-24-25-26-27-28-29-31-33-35-37-39-41-43-45-47-53(61)58-50(49-65-57-56(64)55(63)54(62)52(48-59)66-57)51(60)46-44-42-40-38-36-34-32-30-22-20-18-16-14-12-10-8-6-4-2/h21,23,44,46,50-52,54-57,59-60,62-64H,3-20,22,24-43,45,47-49H2,1-2H3,(H,58,61)/b23-21-,46-44+. The van der Waals surface area contributed by atoms with Crippen LogP contribution in [-0.2, 0) is 14.3 Å². The number of hydrogen-bond donors (Lipinski definition) is 6. The fourth-order valence-corrected chi connectivity index (χ4v) is 9.21. The number of carbonyl (C=O) groups is 1. The number of aliphatic hydroxyl groups is 5. The first-order valence-electron chi connectivity index (χ1n) is 28.6. The molecule has 0 radical (unpaired) electrons. The molecule has 7 unspecified atom stereocenters. The first kappa shape index (κ1) is 62.7. The second-order valence-electron chi connectivity index (χ2n) is 20.1. The minimum atomic E-state index is -1.56. The molecule has 0 spiro atoms. The average molecular weight is 936 g/mol. The summed E-state index contributed by atoms with van der Waals surface area (Å²) in [4.78, 5) is 13.0. The maximum Gasteiger partial charge on any atom is 0.220 e. The van der Waals surface area contributed by atoms with Crippen LogP contribution in [0.15, 0.2) is 24.3 Å². The lowest BCUT2D eigenvalue weighted by molar-refractivity contribution is -0.302. The smallest absolute Gasteiger partial charge is 0.220 e. The van der Waals surface area contributed by atoms with Crippen molar-refractivity contribution in [3.8, 4) is 0 Å². The molecule has 0 saturated carbocycles. The molecule has 0 aromatic carbocycles. The lowest BCUT2D eigenvalue weighted by Gasteiger charge is -2.40. The molecule has 1 heterocycles. The van der Waals surface area contributed by atoms with Crippen molar-refractivity contribution in [2.45, 2.75) is 320 Å². The first-order valence-corrected chi connectivity index (χ1v) is 28.6. The zero-order valence-electron chi connectivity index (χ0n) is 43.2. The molecule has 66 heavy (non-hydrogen) atoms. The van der Waals surface area contributed by atoms with Gasteiger partial charge in [-0.25, -0.2) is 0 Å². The van der Waals surface area contributed by atoms with Gasteiger partial charge in [0, 0.05) is 6.42 Å². The summed E-state index contributed by atoms with van der Waals surface area (Å²) in [5, 5.41) is 54.5. The number of allylic oxidation sites excluding steroid dienone is 3. The Morgan fingerprint density at radius 2 is 0.848 bits per heavy atom. The summed E-state index contributed by atoms with van der Waals surface area (Å²) in [6.07, 6.45) is 52.4. The Morgan fingerprint density at radius 3 is 1.23 bits per heavy atom. The number of rotatable bonds is 49. The van der Waals surface area contributed by atoms with E-state index in [1.807, 2.05) is 6.08 Å². The van der Waals surface area contributed by atoms with Crippen LogP contribution < -0.4 is 5.32 Å². The van der Waals surface area contributed by atoms with E-state index in [2.05, 4.69) is 31.3 Å². The second-order valence-corrected chi connectivity index (χ2v) is 20.1. The van der Waals surface area contributed by atoms with Gasteiger partial charge in [-0.3, -0.25) is 4.79 Å². The van der Waals surface area contributed by atoms with Gasteiger partial charge in [0.15, 0.2) is 6.29 Å². The molecular formula is C57H109NO8. The normalized spacial score (nSPS) is 19.9. The zero-order chi connectivity index (χ0) is 48.0. The molecular weight excluding hydrogens is 827 g/mol. The van der Waals surface area contributed by atoms with Crippen molar-refractivity contribution >= 4 is 5.91 Å². The van der Waals surface area contributed by atoms with Gasteiger partial charge >= 0.3 is 0 Å². The van der Waals surface area contributed by atoms with Crippen LogP contribution in [0.5, 0.6) is 0 Å². The number of amides is 1. The fraction of sp³-hybridized carbons (Fsp3) is 0.912. The molecule has 1 fully saturated rings. The van der Waals surface area contributed by atoms with Crippen molar-refractivity contribution in [3.63, 3.8) is 0 Å². The van der Waals surface area contributed by atoms with E-state index in [1.165, 1.54) is 218 Å². The van der Waals surface area contributed by atoms with Crippen molar-refractivity contribution in [1.29, 1.82) is 0 Å². The molecule has 6 N–H and O–H groups in total. The molecule has 0 aliphatic carbocycles. The monoisotopic (exact) mass is 936 g/mol. The molecule has 9 nitrogen and oxygen atoms in total. The van der Waals surface area contributed by atoms with Gasteiger partial charge in [-0.2, -0.15) is 0 Å². The molecule has 390 valence electrons. The van der Waals surface area contributed by atoms with Crippen LogP contribution in [0.25, 0.3) is 0 Å². The summed E-state index contributed by atoms with van der Waals surface area (Å²) >= 11 is 0. The summed E-state index contributed by atoms with van der Waals surface area (Å²) in [7, 11) is 0. The van der Waals surface area contributed by atoms with Gasteiger partial charge in [0.05, 0.1) is 25.4 Å². The number of carbonyl (C=O) groups excluding carboxylic acids is 1. The lowest BCUT2D eigenvalue weighted by Crippen LogP contribution is -2.60. The van der Waals surface area contributed by atoms with E-state index in [0.29, 0.717) is 6.42 Å². The maximum absolute atomic E-state index is 13.0. The van der Waals surface area contributed by atoms with E-state index in [4.69, 9.17) is 9.47 Å². The van der Waals surface area contributed by atoms with Crippen molar-refractivity contribution < 1.29 is 39.8 Å². The molecule has 7 atom stereocenters. The maximum atomic E-state index is 13.0. The Balaban J connectivity index is 2.22. The van der Waals surface area contributed by atoms with E-state index in [0.717, 1.165) is 38.5 Å². The van der Waals surface area contributed by atoms with Gasteiger partial charge in [0.25, 0.3) is 0 Å². The van der Waals surface area contributed by atoms with Gasteiger partial charge in [0.1, 0.15) is 24.4 Å². The number of aliphatic hydroxyl groups excluding tert-OH is 5. The van der Waals surface area contributed by atoms with Crippen molar-refractivity contribution in [3.05, 3.63) is 24.3 Å². The van der Waals surface area contributed by atoms with Gasteiger partial charge in [-0.1, -0.05) is 250 Å². The highest BCUT2D eigenvalue weighted by atomic mass is 16.7. The highest BCUT2D eigenvalue weighted by Gasteiger charge is 2.44. The highest BCUT2D eigenvalue weighted by molar-refractivity contribution is 5.76. The highest BCUT2D eigenvalue weighted by Crippen LogP contribution is 2.23. The Hall–Kier alpha value is -1.33. The van der Waals surface area contributed by atoms with Gasteiger partial charge < -0.3 is 40.3 Å². The summed E-state index contributed by atoms with van der Waals surface area (Å²) in [6.45, 7) is 3.81. The quantitative estimate of drug-likeness (QED) is 0.0261. The molecule has 1 rings (SSSR count). The van der Waals surface area contributed by atoms with Crippen LogP contribution in [0.4, 0.5) is 0 Å². The van der Waals surface area contributed by atoms with Crippen LogP contribution in [-0.4, -0.2) is 87.5 Å². The number of unbranched alkanes of at least 4 members (excludes halogenated alkanes) is 37. The lowest BCUT2D eigenvalue weighted by atomic mass is 9.99. The van der Waals surface area contributed by atoms with E-state index < -0.39 is 49.5 Å². The number of ether oxygens (including phenoxy) is 2. The minimum absolute atomic E-state index is 0.173. The number of hydrogen-bond acceptors (Lipinski definition) is 8. The zero-order valence-corrected chi connectivity index (χ0v) is 43.2. The molecule has 1 saturated heterocycles. The van der Waals surface area contributed by atoms with E-state index >= 15 is 0 Å². The number of nitrogens with one attached hydrogen (secondary N) is 1. The Labute approximate surface area is 407 Å². The summed E-state index contributed by atoms with van der Waals surface area (Å²) < 4.78 is 11.3. The van der Waals surface area contributed by atoms with Crippen LogP contribution >= 0.6 is 0 Å². The van der Waals surface area contributed by atoms with Crippen LogP contribution in [0.2, 0.25) is 0 Å². The third-order valence-corrected chi connectivity index (χ3v) is 13.8. The van der Waals surface area contributed by atoms with Crippen LogP contribution in [0.3, 0.4) is 0 Å². The second kappa shape index (κ2) is 47.4. The predicted octanol–water partition coefficient (Wildman–Crippen LogP) is 13.8. The largest absolute Gasteiger partial charge is 0.394 e. The molecule has 0 aromatic heterocycles. The van der Waals surface area contributed by atoms with Crippen molar-refractivity contribution in [2.24, 2.45) is 0 Å². The van der Waals surface area contributed by atoms with E-state index in [1.54, 1.807) is 6.08 Å². The minimum Gasteiger partial charge on any atom is -0.394 e. The van der Waals surface area contributed by atoms with Crippen molar-refractivity contribution in [2.75, 3.05) is 13.2 Å². The van der Waals surface area contributed by atoms with E-state index in [9.17, 15) is 30.3 Å². The van der Waals surface area contributed by atoms with Gasteiger partial charge in [0.2, 0.25) is 5.91 Å². The van der Waals surface area contributed by atoms with Crippen molar-refractivity contribution in [1.82, 2.24) is 5.32 Å². The topological polar surface area (TPSA) is 149 Å². The van der Waals surface area contributed by atoms with Crippen LogP contribution in [0.1, 0.15) is 277 Å². The van der Waals surface area contributed by atoms with Crippen LogP contribution in [0, 0.1) is 0 Å². The third-order valence-electron chi connectivity index (χ3n) is 13.8. The molecule has 1 aliphatic rings. The van der Waals surface area contributed by atoms with Gasteiger partial charge in [-0.05, 0) is 44.9 Å². The average Bonchev–Trinajstić information content (AvgIpc) is 3.32. The molecule has 9 heteroatoms. The molecule has 1 amide bonds. The molecule has 1 aliphatic heterocycles. The SMILES string of the molecule is CCCCCCCCCC/C=C\CCCCCCCCCCCCCCCC(=O)NC(COC1OC(CO)C(O)C(O)C1O)C(O)/C=C/CCCCCCCCCCCCCCCCCC.